The molecular formula is C15H30N2S. The van der Waals surface area contributed by atoms with Gasteiger partial charge in [0.1, 0.15) is 0 Å². The molecule has 1 heterocycles. The van der Waals surface area contributed by atoms with Gasteiger partial charge in [0.05, 0.1) is 0 Å². The van der Waals surface area contributed by atoms with Gasteiger partial charge in [0.15, 0.2) is 0 Å². The predicted molar refractivity (Wildman–Crippen MR) is 82.4 cm³/mol. The monoisotopic (exact) mass is 270 g/mol. The van der Waals surface area contributed by atoms with Crippen molar-refractivity contribution in [2.45, 2.75) is 70.0 Å². The van der Waals surface area contributed by atoms with Crippen LogP contribution in [0.5, 0.6) is 0 Å². The third-order valence-electron chi connectivity index (χ3n) is 4.69. The maximum Gasteiger partial charge on any atom is 0.0113 e. The van der Waals surface area contributed by atoms with Crippen molar-refractivity contribution in [1.82, 2.24) is 10.6 Å². The normalized spacial score (nSPS) is 34.7. The molecule has 0 radical (unpaired) electrons. The first-order valence-electron chi connectivity index (χ1n) is 7.79. The SMILES string of the molecule is CSCCC(C)NC1CCCCC1C1CCCN1. The van der Waals surface area contributed by atoms with Crippen LogP contribution < -0.4 is 10.6 Å². The van der Waals surface area contributed by atoms with Gasteiger partial charge in [-0.05, 0) is 63.5 Å². The fraction of sp³-hybridized carbons (Fsp3) is 1.00. The Hall–Kier alpha value is 0.270. The topological polar surface area (TPSA) is 24.1 Å². The summed E-state index contributed by atoms with van der Waals surface area (Å²) in [7, 11) is 0. The number of nitrogens with one attached hydrogen (secondary N) is 2. The summed E-state index contributed by atoms with van der Waals surface area (Å²) in [5, 5.41) is 7.66. The molecule has 0 aromatic heterocycles. The van der Waals surface area contributed by atoms with Gasteiger partial charge in [0, 0.05) is 18.1 Å². The van der Waals surface area contributed by atoms with Crippen molar-refractivity contribution in [3.05, 3.63) is 0 Å². The molecule has 4 atom stereocenters. The highest BCUT2D eigenvalue weighted by Gasteiger charge is 2.33. The average Bonchev–Trinajstić information content (AvgIpc) is 2.91. The van der Waals surface area contributed by atoms with Crippen molar-refractivity contribution in [2.24, 2.45) is 5.92 Å². The van der Waals surface area contributed by atoms with Gasteiger partial charge in [0.25, 0.3) is 0 Å². The van der Waals surface area contributed by atoms with E-state index in [0.717, 1.165) is 18.0 Å². The van der Waals surface area contributed by atoms with Gasteiger partial charge in [-0.2, -0.15) is 11.8 Å². The molecule has 2 aliphatic rings. The van der Waals surface area contributed by atoms with E-state index in [9.17, 15) is 0 Å². The lowest BCUT2D eigenvalue weighted by molar-refractivity contribution is 0.202. The smallest absolute Gasteiger partial charge is 0.0113 e. The van der Waals surface area contributed by atoms with Crippen LogP contribution in [0.2, 0.25) is 0 Å². The number of hydrogen-bond donors (Lipinski definition) is 2. The molecule has 2 N–H and O–H groups in total. The molecule has 0 aromatic carbocycles. The molecule has 106 valence electrons. The lowest BCUT2D eigenvalue weighted by Crippen LogP contribution is -2.49. The Labute approximate surface area is 117 Å². The Kier molecular flexibility index (Phi) is 6.33. The highest BCUT2D eigenvalue weighted by atomic mass is 32.2. The number of hydrogen-bond acceptors (Lipinski definition) is 3. The Morgan fingerprint density at radius 3 is 2.78 bits per heavy atom. The standard InChI is InChI=1S/C15H30N2S/c1-12(9-11-18-2)17-15-7-4-3-6-13(15)14-8-5-10-16-14/h12-17H,3-11H2,1-2H3. The van der Waals surface area contributed by atoms with Crippen molar-refractivity contribution < 1.29 is 0 Å². The quantitative estimate of drug-likeness (QED) is 0.776. The molecular weight excluding hydrogens is 240 g/mol. The van der Waals surface area contributed by atoms with Gasteiger partial charge in [-0.25, -0.2) is 0 Å². The molecule has 0 aromatic rings. The second kappa shape index (κ2) is 7.76. The highest BCUT2D eigenvalue weighted by molar-refractivity contribution is 7.98. The zero-order chi connectivity index (χ0) is 12.8. The first-order valence-corrected chi connectivity index (χ1v) is 9.19. The average molecular weight is 270 g/mol. The molecule has 1 saturated carbocycles. The summed E-state index contributed by atoms with van der Waals surface area (Å²) < 4.78 is 0. The van der Waals surface area contributed by atoms with Gasteiger partial charge in [-0.3, -0.25) is 0 Å². The molecule has 18 heavy (non-hydrogen) atoms. The summed E-state index contributed by atoms with van der Waals surface area (Å²) in [6.45, 7) is 3.61. The molecule has 2 nitrogen and oxygen atoms in total. The molecule has 1 aliphatic heterocycles. The maximum absolute atomic E-state index is 3.93. The molecule has 4 unspecified atom stereocenters. The van der Waals surface area contributed by atoms with Gasteiger partial charge >= 0.3 is 0 Å². The third-order valence-corrected chi connectivity index (χ3v) is 5.33. The van der Waals surface area contributed by atoms with E-state index < -0.39 is 0 Å². The second-order valence-electron chi connectivity index (χ2n) is 6.11. The van der Waals surface area contributed by atoms with Crippen LogP contribution in [0, 0.1) is 5.92 Å². The van der Waals surface area contributed by atoms with Gasteiger partial charge in [0.2, 0.25) is 0 Å². The fourth-order valence-electron chi connectivity index (χ4n) is 3.67. The van der Waals surface area contributed by atoms with E-state index in [4.69, 9.17) is 0 Å². The van der Waals surface area contributed by atoms with Crippen LogP contribution >= 0.6 is 11.8 Å². The molecule has 1 saturated heterocycles. The summed E-state index contributed by atoms with van der Waals surface area (Å²) in [5.74, 6) is 2.17. The summed E-state index contributed by atoms with van der Waals surface area (Å²) >= 11 is 1.97. The van der Waals surface area contributed by atoms with Crippen LogP contribution in [0.25, 0.3) is 0 Å². The summed E-state index contributed by atoms with van der Waals surface area (Å²) in [6.07, 6.45) is 12.0. The molecule has 1 aliphatic carbocycles. The maximum atomic E-state index is 3.93. The van der Waals surface area contributed by atoms with Crippen molar-refractivity contribution in [1.29, 1.82) is 0 Å². The molecule has 3 heteroatoms. The molecule has 0 bridgehead atoms. The van der Waals surface area contributed by atoms with Crippen LogP contribution in [0.4, 0.5) is 0 Å². The highest BCUT2D eigenvalue weighted by Crippen LogP contribution is 2.31. The number of rotatable bonds is 6. The zero-order valence-electron chi connectivity index (χ0n) is 12.1. The third kappa shape index (κ3) is 4.14. The fourth-order valence-corrected chi connectivity index (χ4v) is 4.26. The van der Waals surface area contributed by atoms with Gasteiger partial charge in [-0.15, -0.1) is 0 Å². The molecule has 0 amide bonds. The van der Waals surface area contributed by atoms with E-state index in [1.165, 1.54) is 57.2 Å². The first-order chi connectivity index (χ1) is 8.81. The van der Waals surface area contributed by atoms with Gasteiger partial charge in [-0.1, -0.05) is 12.8 Å². The largest absolute Gasteiger partial charge is 0.314 e. The van der Waals surface area contributed by atoms with Crippen molar-refractivity contribution in [3.63, 3.8) is 0 Å². The Bertz CT molecular complexity index is 229. The molecule has 2 fully saturated rings. The van der Waals surface area contributed by atoms with E-state index in [1.54, 1.807) is 0 Å². The van der Waals surface area contributed by atoms with Crippen molar-refractivity contribution in [2.75, 3.05) is 18.6 Å². The second-order valence-corrected chi connectivity index (χ2v) is 7.09. The first kappa shape index (κ1) is 14.7. The van der Waals surface area contributed by atoms with Crippen LogP contribution in [-0.2, 0) is 0 Å². The van der Waals surface area contributed by atoms with Crippen molar-refractivity contribution in [3.8, 4) is 0 Å². The Balaban J connectivity index is 1.82. The van der Waals surface area contributed by atoms with Crippen LogP contribution in [0.15, 0.2) is 0 Å². The zero-order valence-corrected chi connectivity index (χ0v) is 12.9. The minimum Gasteiger partial charge on any atom is -0.314 e. The van der Waals surface area contributed by atoms with Gasteiger partial charge < -0.3 is 10.6 Å². The predicted octanol–water partition coefficient (Wildman–Crippen LogP) is 3.03. The van der Waals surface area contributed by atoms with E-state index in [0.29, 0.717) is 6.04 Å². The Morgan fingerprint density at radius 2 is 2.06 bits per heavy atom. The summed E-state index contributed by atoms with van der Waals surface area (Å²) in [5.41, 5.74) is 0. The van der Waals surface area contributed by atoms with Crippen LogP contribution in [0.1, 0.15) is 51.9 Å². The molecule has 0 spiro atoms. The van der Waals surface area contributed by atoms with E-state index in [2.05, 4.69) is 23.8 Å². The summed E-state index contributed by atoms with van der Waals surface area (Å²) in [6, 6.07) is 2.26. The lowest BCUT2D eigenvalue weighted by Gasteiger charge is -2.38. The minimum absolute atomic E-state index is 0.685. The molecule has 2 rings (SSSR count). The van der Waals surface area contributed by atoms with E-state index in [1.807, 2.05) is 11.8 Å². The Morgan fingerprint density at radius 1 is 1.22 bits per heavy atom. The number of thioether (sulfide) groups is 1. The van der Waals surface area contributed by atoms with Crippen molar-refractivity contribution >= 4 is 11.8 Å². The van der Waals surface area contributed by atoms with E-state index in [-0.39, 0.29) is 0 Å². The minimum atomic E-state index is 0.685. The van der Waals surface area contributed by atoms with Crippen LogP contribution in [-0.4, -0.2) is 36.7 Å². The summed E-state index contributed by atoms with van der Waals surface area (Å²) in [4.78, 5) is 0. The van der Waals surface area contributed by atoms with Crippen LogP contribution in [0.3, 0.4) is 0 Å². The lowest BCUT2D eigenvalue weighted by atomic mass is 9.79. The van der Waals surface area contributed by atoms with E-state index >= 15 is 0 Å².